The lowest BCUT2D eigenvalue weighted by molar-refractivity contribution is -0.132. The number of anilines is 1. The predicted octanol–water partition coefficient (Wildman–Crippen LogP) is 4.40. The van der Waals surface area contributed by atoms with E-state index < -0.39 is 5.60 Å². The molecule has 1 atom stereocenters. The Bertz CT molecular complexity index is 806. The summed E-state index contributed by atoms with van der Waals surface area (Å²) in [5.74, 6) is 0.577. The van der Waals surface area contributed by atoms with E-state index in [1.54, 1.807) is 0 Å². The van der Waals surface area contributed by atoms with E-state index in [-0.39, 0.29) is 11.9 Å². The fourth-order valence-electron chi connectivity index (χ4n) is 5.08. The topological polar surface area (TPSA) is 55.8 Å². The van der Waals surface area contributed by atoms with Crippen molar-refractivity contribution < 1.29 is 9.90 Å². The lowest BCUT2D eigenvalue weighted by Crippen LogP contribution is -2.52. The highest BCUT2D eigenvalue weighted by Gasteiger charge is 2.48. The van der Waals surface area contributed by atoms with Crippen LogP contribution in [0.15, 0.2) is 12.1 Å². The number of hydrogen-bond donors (Lipinski definition) is 2. The largest absolute Gasteiger partial charge is 0.380 e. The van der Waals surface area contributed by atoms with Crippen LogP contribution in [0.1, 0.15) is 57.4 Å². The minimum atomic E-state index is -1.05. The molecule has 2 saturated carbocycles. The average Bonchev–Trinajstić information content (AvgIpc) is 3.51. The molecular weight excluding hydrogens is 433 g/mol. The van der Waals surface area contributed by atoms with Crippen LogP contribution >= 0.6 is 23.2 Å². The molecule has 4 rings (SSSR count). The summed E-state index contributed by atoms with van der Waals surface area (Å²) in [6, 6.07) is 4.77. The number of nitrogens with one attached hydrogen (secondary N) is 1. The van der Waals surface area contributed by atoms with Crippen LogP contribution in [0.3, 0.4) is 0 Å². The van der Waals surface area contributed by atoms with Gasteiger partial charge < -0.3 is 15.3 Å². The first kappa shape index (κ1) is 23.2. The highest BCUT2D eigenvalue weighted by Crippen LogP contribution is 2.37. The smallest absolute Gasteiger partial charge is 0.252 e. The number of hydrogen-bond acceptors (Lipinski definition) is 4. The standard InChI is InChI=1S/C24H35Cl2N3O2/c1-16-3-8-20(22(26)21(16)25)29-14-13-28(15-17(29)2)12-9-18-4-6-19(7-5-18)27-23(30)24(31)10-11-24/h3,8,17-19,31H,4-7,9-15H2,1-2H3,(H,27,30)/t17-,18?,19?/m1/s1. The first-order chi connectivity index (χ1) is 14.8. The van der Waals surface area contributed by atoms with Crippen molar-refractivity contribution in [2.45, 2.75) is 76.5 Å². The summed E-state index contributed by atoms with van der Waals surface area (Å²) in [6.45, 7) is 8.40. The van der Waals surface area contributed by atoms with Crippen molar-refractivity contribution in [3.05, 3.63) is 27.7 Å². The van der Waals surface area contributed by atoms with E-state index in [1.807, 2.05) is 13.0 Å². The Morgan fingerprint density at radius 3 is 2.52 bits per heavy atom. The van der Waals surface area contributed by atoms with Gasteiger partial charge in [0.15, 0.2) is 0 Å². The third kappa shape index (κ3) is 5.32. The average molecular weight is 468 g/mol. The van der Waals surface area contributed by atoms with Crippen LogP contribution in [0.2, 0.25) is 10.0 Å². The molecule has 0 bridgehead atoms. The normalized spacial score (nSPS) is 28.4. The number of piperazine rings is 1. The third-order valence-corrected chi connectivity index (χ3v) is 8.42. The highest BCUT2D eigenvalue weighted by atomic mass is 35.5. The van der Waals surface area contributed by atoms with Crippen molar-refractivity contribution in [1.29, 1.82) is 0 Å². The Hall–Kier alpha value is -1.01. The highest BCUT2D eigenvalue weighted by molar-refractivity contribution is 6.44. The van der Waals surface area contributed by atoms with Crippen LogP contribution in [0.5, 0.6) is 0 Å². The minimum absolute atomic E-state index is 0.155. The van der Waals surface area contributed by atoms with Crippen molar-refractivity contribution in [3.8, 4) is 0 Å². The van der Waals surface area contributed by atoms with Crippen molar-refractivity contribution >= 4 is 34.8 Å². The van der Waals surface area contributed by atoms with E-state index in [0.717, 1.165) is 69.0 Å². The van der Waals surface area contributed by atoms with Gasteiger partial charge in [0.05, 0.1) is 15.7 Å². The van der Waals surface area contributed by atoms with E-state index >= 15 is 0 Å². The van der Waals surface area contributed by atoms with Gasteiger partial charge >= 0.3 is 0 Å². The number of nitrogens with zero attached hydrogens (tertiary/aromatic N) is 2. The van der Waals surface area contributed by atoms with E-state index in [1.165, 1.54) is 6.42 Å². The van der Waals surface area contributed by atoms with Gasteiger partial charge in [0.25, 0.3) is 5.91 Å². The number of halogens is 2. The second-order valence-corrected chi connectivity index (χ2v) is 10.6. The fourth-order valence-corrected chi connectivity index (χ4v) is 5.56. The number of rotatable bonds is 6. The summed E-state index contributed by atoms with van der Waals surface area (Å²) in [5, 5.41) is 14.3. The zero-order valence-electron chi connectivity index (χ0n) is 18.7. The van der Waals surface area contributed by atoms with E-state index in [0.29, 0.717) is 28.9 Å². The summed E-state index contributed by atoms with van der Waals surface area (Å²) in [4.78, 5) is 17.0. The molecule has 0 aromatic heterocycles. The molecule has 172 valence electrons. The number of benzene rings is 1. The van der Waals surface area contributed by atoms with Gasteiger partial charge in [-0.05, 0) is 82.9 Å². The first-order valence-electron chi connectivity index (χ1n) is 11.7. The summed E-state index contributed by atoms with van der Waals surface area (Å²) < 4.78 is 0. The molecule has 1 aromatic rings. The van der Waals surface area contributed by atoms with Gasteiger partial charge in [-0.2, -0.15) is 0 Å². The Morgan fingerprint density at radius 2 is 1.87 bits per heavy atom. The van der Waals surface area contributed by atoms with Crippen molar-refractivity contribution in [2.24, 2.45) is 5.92 Å². The number of amides is 1. The van der Waals surface area contributed by atoms with Crippen molar-refractivity contribution in [3.63, 3.8) is 0 Å². The molecule has 1 amide bonds. The Kier molecular flexibility index (Phi) is 7.07. The molecule has 5 nitrogen and oxygen atoms in total. The molecule has 3 aliphatic rings. The molecule has 1 heterocycles. The van der Waals surface area contributed by atoms with Crippen LogP contribution in [0.4, 0.5) is 5.69 Å². The Morgan fingerprint density at radius 1 is 1.16 bits per heavy atom. The minimum Gasteiger partial charge on any atom is -0.380 e. The maximum atomic E-state index is 12.0. The van der Waals surface area contributed by atoms with Crippen LogP contribution < -0.4 is 10.2 Å². The van der Waals surface area contributed by atoms with E-state index in [2.05, 4.69) is 28.1 Å². The SMILES string of the molecule is Cc1ccc(N2CCN(CCC3CCC(NC(=O)C4(O)CC4)CC3)C[C@H]2C)c(Cl)c1Cl. The summed E-state index contributed by atoms with van der Waals surface area (Å²) in [7, 11) is 0. The van der Waals surface area contributed by atoms with Gasteiger partial charge in [-0.3, -0.25) is 9.69 Å². The molecule has 0 radical (unpaired) electrons. The molecule has 7 heteroatoms. The summed E-state index contributed by atoms with van der Waals surface area (Å²) in [6.07, 6.45) is 6.83. The second kappa shape index (κ2) is 9.46. The number of carbonyl (C=O) groups excluding carboxylic acids is 1. The Balaban J connectivity index is 1.20. The van der Waals surface area contributed by atoms with E-state index in [9.17, 15) is 9.90 Å². The molecule has 1 saturated heterocycles. The first-order valence-corrected chi connectivity index (χ1v) is 12.5. The lowest BCUT2D eigenvalue weighted by atomic mass is 9.84. The molecule has 31 heavy (non-hydrogen) atoms. The fraction of sp³-hybridized carbons (Fsp3) is 0.708. The second-order valence-electron chi connectivity index (χ2n) is 9.88. The van der Waals surface area contributed by atoms with Gasteiger partial charge in [-0.15, -0.1) is 0 Å². The molecule has 0 unspecified atom stereocenters. The third-order valence-electron chi connectivity index (χ3n) is 7.46. The molecule has 2 aliphatic carbocycles. The van der Waals surface area contributed by atoms with Gasteiger partial charge in [-0.1, -0.05) is 29.3 Å². The molecule has 0 spiro atoms. The molecule has 3 fully saturated rings. The van der Waals surface area contributed by atoms with Crippen LogP contribution in [0, 0.1) is 12.8 Å². The van der Waals surface area contributed by atoms with Crippen LogP contribution in [0.25, 0.3) is 0 Å². The van der Waals surface area contributed by atoms with Crippen molar-refractivity contribution in [2.75, 3.05) is 31.1 Å². The summed E-state index contributed by atoms with van der Waals surface area (Å²) in [5.41, 5.74) is 1.00. The zero-order chi connectivity index (χ0) is 22.2. The number of carbonyl (C=O) groups is 1. The molecular formula is C24H35Cl2N3O2. The predicted molar refractivity (Wildman–Crippen MR) is 127 cm³/mol. The van der Waals surface area contributed by atoms with Crippen molar-refractivity contribution in [1.82, 2.24) is 10.2 Å². The zero-order valence-corrected chi connectivity index (χ0v) is 20.2. The van der Waals surface area contributed by atoms with Gasteiger partial charge in [-0.25, -0.2) is 0 Å². The molecule has 2 N–H and O–H groups in total. The maximum absolute atomic E-state index is 12.0. The van der Waals surface area contributed by atoms with E-state index in [4.69, 9.17) is 23.2 Å². The molecule has 1 aromatic carbocycles. The monoisotopic (exact) mass is 467 g/mol. The number of aryl methyl sites for hydroxylation is 1. The van der Waals surface area contributed by atoms with Crippen LogP contribution in [-0.2, 0) is 4.79 Å². The van der Waals surface area contributed by atoms with Gasteiger partial charge in [0, 0.05) is 31.7 Å². The quantitative estimate of drug-likeness (QED) is 0.650. The lowest BCUT2D eigenvalue weighted by Gasteiger charge is -2.42. The van der Waals surface area contributed by atoms with Gasteiger partial charge in [0.1, 0.15) is 5.60 Å². The molecule has 1 aliphatic heterocycles. The van der Waals surface area contributed by atoms with Gasteiger partial charge in [0.2, 0.25) is 0 Å². The maximum Gasteiger partial charge on any atom is 0.252 e. The Labute approximate surface area is 196 Å². The van der Waals surface area contributed by atoms with Crippen LogP contribution in [-0.4, -0.2) is 59.8 Å². The number of aliphatic hydroxyl groups is 1. The summed E-state index contributed by atoms with van der Waals surface area (Å²) >= 11 is 12.9.